The van der Waals surface area contributed by atoms with Crippen molar-refractivity contribution in [1.82, 2.24) is 14.8 Å². The van der Waals surface area contributed by atoms with Crippen LogP contribution >= 0.6 is 11.8 Å². The predicted octanol–water partition coefficient (Wildman–Crippen LogP) is 2.54. The van der Waals surface area contributed by atoms with Gasteiger partial charge in [-0.1, -0.05) is 37.4 Å². The number of carboxylic acids is 1. The second kappa shape index (κ2) is 8.38. The fraction of sp³-hybridized carbons (Fsp3) is 0.786. The van der Waals surface area contributed by atoms with E-state index < -0.39 is 5.97 Å². The molecule has 1 N–H and O–H groups in total. The first-order valence-corrected chi connectivity index (χ1v) is 8.47. The van der Waals surface area contributed by atoms with Crippen molar-refractivity contribution in [3.05, 3.63) is 5.82 Å². The van der Waals surface area contributed by atoms with Gasteiger partial charge in [-0.2, -0.15) is 0 Å². The van der Waals surface area contributed by atoms with E-state index in [0.717, 1.165) is 18.7 Å². The van der Waals surface area contributed by atoms with Gasteiger partial charge in [0.1, 0.15) is 5.82 Å². The third kappa shape index (κ3) is 4.71. The summed E-state index contributed by atoms with van der Waals surface area (Å²) >= 11 is 1.23. The second-order valence-electron chi connectivity index (χ2n) is 5.36. The summed E-state index contributed by atoms with van der Waals surface area (Å²) in [7, 11) is 1.67. The number of thioether (sulfide) groups is 1. The van der Waals surface area contributed by atoms with Crippen molar-refractivity contribution in [2.45, 2.75) is 56.1 Å². The average Bonchev–Trinajstić information content (AvgIpc) is 2.68. The maximum absolute atomic E-state index is 10.7. The zero-order valence-corrected chi connectivity index (χ0v) is 13.3. The molecule has 0 bridgehead atoms. The molecule has 0 unspecified atom stereocenters. The van der Waals surface area contributed by atoms with Gasteiger partial charge in [0.05, 0.1) is 12.4 Å². The highest BCUT2D eigenvalue weighted by atomic mass is 32.2. The van der Waals surface area contributed by atoms with Crippen LogP contribution in [0.4, 0.5) is 0 Å². The monoisotopic (exact) mass is 313 g/mol. The van der Waals surface area contributed by atoms with Gasteiger partial charge < -0.3 is 14.4 Å². The number of rotatable bonds is 7. The minimum atomic E-state index is -0.836. The van der Waals surface area contributed by atoms with Crippen molar-refractivity contribution >= 4 is 17.7 Å². The molecular formula is C14H23N3O3S. The fourth-order valence-corrected chi connectivity index (χ4v) is 3.46. The molecule has 1 aliphatic rings. The van der Waals surface area contributed by atoms with Gasteiger partial charge in [0, 0.05) is 19.6 Å². The molecule has 0 saturated heterocycles. The van der Waals surface area contributed by atoms with Crippen LogP contribution in [-0.4, -0.2) is 45.3 Å². The van der Waals surface area contributed by atoms with Gasteiger partial charge in [-0.25, -0.2) is 0 Å². The Hall–Kier alpha value is -1.08. The van der Waals surface area contributed by atoms with Crippen LogP contribution in [0.5, 0.6) is 0 Å². The van der Waals surface area contributed by atoms with Crippen LogP contribution in [0.3, 0.4) is 0 Å². The van der Waals surface area contributed by atoms with Crippen LogP contribution in [-0.2, 0) is 16.1 Å². The number of aliphatic carboxylic acids is 1. The van der Waals surface area contributed by atoms with E-state index in [1.54, 1.807) is 7.11 Å². The van der Waals surface area contributed by atoms with Crippen molar-refractivity contribution in [3.8, 4) is 0 Å². The average molecular weight is 313 g/mol. The Morgan fingerprint density at radius 2 is 2.05 bits per heavy atom. The highest BCUT2D eigenvalue weighted by molar-refractivity contribution is 7.99. The molecule has 0 amide bonds. The summed E-state index contributed by atoms with van der Waals surface area (Å²) in [4.78, 5) is 10.7. The van der Waals surface area contributed by atoms with Gasteiger partial charge in [0.15, 0.2) is 5.16 Å². The number of aromatic nitrogens is 3. The number of ether oxygens (including phenoxy) is 1. The molecule has 0 aliphatic heterocycles. The fourth-order valence-electron chi connectivity index (χ4n) is 2.77. The topological polar surface area (TPSA) is 77.2 Å². The van der Waals surface area contributed by atoms with Crippen LogP contribution < -0.4 is 0 Å². The predicted molar refractivity (Wildman–Crippen MR) is 80.7 cm³/mol. The Bertz CT molecular complexity index is 456. The summed E-state index contributed by atoms with van der Waals surface area (Å²) in [5, 5.41) is 18.1. The third-order valence-electron chi connectivity index (χ3n) is 3.81. The molecule has 6 nitrogen and oxygen atoms in total. The van der Waals surface area contributed by atoms with E-state index in [1.165, 1.54) is 37.4 Å². The Morgan fingerprint density at radius 3 is 2.67 bits per heavy atom. The Morgan fingerprint density at radius 1 is 1.33 bits per heavy atom. The van der Waals surface area contributed by atoms with Crippen molar-refractivity contribution in [3.63, 3.8) is 0 Å². The van der Waals surface area contributed by atoms with Crippen molar-refractivity contribution in [1.29, 1.82) is 0 Å². The molecule has 0 radical (unpaired) electrons. The summed E-state index contributed by atoms with van der Waals surface area (Å²) in [5.74, 6) is 0.616. The van der Waals surface area contributed by atoms with Crippen molar-refractivity contribution in [2.75, 3.05) is 19.5 Å². The Balaban J connectivity index is 2.15. The van der Waals surface area contributed by atoms with Gasteiger partial charge in [-0.05, 0) is 12.8 Å². The molecule has 118 valence electrons. The molecule has 7 heteroatoms. The largest absolute Gasteiger partial charge is 0.481 e. The van der Waals surface area contributed by atoms with E-state index in [-0.39, 0.29) is 5.75 Å². The first kappa shape index (κ1) is 16.3. The lowest BCUT2D eigenvalue weighted by molar-refractivity contribution is -0.133. The molecule has 1 aliphatic carbocycles. The number of carboxylic acid groups (broad SMARTS) is 1. The minimum Gasteiger partial charge on any atom is -0.481 e. The molecule has 0 atom stereocenters. The van der Waals surface area contributed by atoms with Crippen LogP contribution in [0.1, 0.15) is 50.3 Å². The van der Waals surface area contributed by atoms with Crippen LogP contribution in [0.2, 0.25) is 0 Å². The molecule has 1 fully saturated rings. The van der Waals surface area contributed by atoms with E-state index in [9.17, 15) is 4.79 Å². The zero-order valence-electron chi connectivity index (χ0n) is 12.5. The molecule has 0 spiro atoms. The molecule has 21 heavy (non-hydrogen) atoms. The Kier molecular flexibility index (Phi) is 6.50. The minimum absolute atomic E-state index is 0.00970. The summed E-state index contributed by atoms with van der Waals surface area (Å²) in [6.45, 7) is 1.26. The maximum atomic E-state index is 10.7. The standard InChI is InChI=1S/C14H23N3O3S/c1-20-9-8-17-13(11-6-4-2-3-5-7-11)15-16-14(17)21-10-12(18)19/h11H,2-10H2,1H3,(H,18,19). The van der Waals surface area contributed by atoms with Crippen LogP contribution in [0.15, 0.2) is 5.16 Å². The first-order valence-electron chi connectivity index (χ1n) is 7.49. The van der Waals surface area contributed by atoms with E-state index in [2.05, 4.69) is 10.2 Å². The van der Waals surface area contributed by atoms with Crippen LogP contribution in [0, 0.1) is 0 Å². The quantitative estimate of drug-likeness (QED) is 0.616. The van der Waals surface area contributed by atoms with E-state index in [1.807, 2.05) is 4.57 Å². The van der Waals surface area contributed by atoms with Gasteiger partial charge in [0.25, 0.3) is 0 Å². The first-order chi connectivity index (χ1) is 10.2. The highest BCUT2D eigenvalue weighted by Crippen LogP contribution is 2.32. The number of hydrogen-bond acceptors (Lipinski definition) is 5. The SMILES string of the molecule is COCCn1c(SCC(=O)O)nnc1C1CCCCCC1. The highest BCUT2D eigenvalue weighted by Gasteiger charge is 2.22. The molecule has 1 aromatic heterocycles. The van der Waals surface area contributed by atoms with E-state index in [0.29, 0.717) is 24.2 Å². The van der Waals surface area contributed by atoms with Gasteiger partial charge >= 0.3 is 5.97 Å². The molecular weight excluding hydrogens is 290 g/mol. The molecule has 1 saturated carbocycles. The van der Waals surface area contributed by atoms with E-state index in [4.69, 9.17) is 9.84 Å². The summed E-state index contributed by atoms with van der Waals surface area (Å²) in [6.07, 6.45) is 7.36. The molecule has 1 heterocycles. The lowest BCUT2D eigenvalue weighted by atomic mass is 9.99. The maximum Gasteiger partial charge on any atom is 0.313 e. The molecule has 2 rings (SSSR count). The lowest BCUT2D eigenvalue weighted by Gasteiger charge is -2.16. The smallest absolute Gasteiger partial charge is 0.313 e. The number of methoxy groups -OCH3 is 1. The number of nitrogens with zero attached hydrogens (tertiary/aromatic N) is 3. The summed E-state index contributed by atoms with van der Waals surface area (Å²) in [5.41, 5.74) is 0. The van der Waals surface area contributed by atoms with Crippen molar-refractivity contribution in [2.24, 2.45) is 0 Å². The van der Waals surface area contributed by atoms with Gasteiger partial charge in [0.2, 0.25) is 0 Å². The normalized spacial score (nSPS) is 16.8. The van der Waals surface area contributed by atoms with Gasteiger partial charge in [-0.15, -0.1) is 10.2 Å². The second-order valence-corrected chi connectivity index (χ2v) is 6.30. The third-order valence-corrected chi connectivity index (χ3v) is 4.76. The Labute approximate surface area is 129 Å². The zero-order chi connectivity index (χ0) is 15.1. The summed E-state index contributed by atoms with van der Waals surface area (Å²) < 4.78 is 7.21. The van der Waals surface area contributed by atoms with Crippen molar-refractivity contribution < 1.29 is 14.6 Å². The number of carbonyl (C=O) groups is 1. The van der Waals surface area contributed by atoms with E-state index >= 15 is 0 Å². The molecule has 0 aromatic carbocycles. The van der Waals surface area contributed by atoms with Crippen LogP contribution in [0.25, 0.3) is 0 Å². The lowest BCUT2D eigenvalue weighted by Crippen LogP contribution is -2.13. The van der Waals surface area contributed by atoms with Gasteiger partial charge in [-0.3, -0.25) is 4.79 Å². The molecule has 1 aromatic rings. The number of hydrogen-bond donors (Lipinski definition) is 1. The summed E-state index contributed by atoms with van der Waals surface area (Å²) in [6, 6.07) is 0.